The van der Waals surface area contributed by atoms with Crippen molar-refractivity contribution in [2.45, 2.75) is 23.6 Å². The van der Waals surface area contributed by atoms with Gasteiger partial charge in [-0.05, 0) is 59.7 Å². The Bertz CT molecular complexity index is 2130. The molecule has 0 aliphatic heterocycles. The summed E-state index contributed by atoms with van der Waals surface area (Å²) in [5, 5.41) is 8.83. The molecule has 0 saturated heterocycles. The highest BCUT2D eigenvalue weighted by Crippen LogP contribution is 2.43. The molecule has 6 aromatic rings. The van der Waals surface area contributed by atoms with Crippen molar-refractivity contribution in [3.8, 4) is 22.9 Å². The molecule has 0 radical (unpaired) electrons. The van der Waals surface area contributed by atoms with E-state index in [4.69, 9.17) is 9.47 Å². The van der Waals surface area contributed by atoms with Crippen molar-refractivity contribution in [3.63, 3.8) is 0 Å². The zero-order valence-electron chi connectivity index (χ0n) is 27.0. The molecule has 0 aliphatic carbocycles. The van der Waals surface area contributed by atoms with E-state index in [1.165, 1.54) is 12.4 Å². The Kier molecular flexibility index (Phi) is 10.7. The first-order valence-corrected chi connectivity index (χ1v) is 17.8. The maximum absolute atomic E-state index is 13.8. The van der Waals surface area contributed by atoms with Gasteiger partial charge in [0.2, 0.25) is 11.5 Å². The third-order valence-corrected chi connectivity index (χ3v) is 9.78. The molecule has 6 rings (SSSR count). The minimum absolute atomic E-state index is 0.0366. The summed E-state index contributed by atoms with van der Waals surface area (Å²) < 4.78 is 13.9. The molecule has 0 amide bonds. The van der Waals surface area contributed by atoms with E-state index < -0.39 is 11.1 Å². The van der Waals surface area contributed by atoms with Gasteiger partial charge in [-0.3, -0.25) is 19.2 Å². The molecular formula is C38H30N4O6S2. The second kappa shape index (κ2) is 15.7. The number of ether oxygens (including phenoxy) is 2. The number of ketones is 2. The number of hydrogen-bond acceptors (Lipinski definition) is 10. The Hall–Kier alpha value is -5.72. The van der Waals surface area contributed by atoms with Crippen LogP contribution in [0.1, 0.15) is 45.7 Å². The first-order chi connectivity index (χ1) is 24.4. The van der Waals surface area contributed by atoms with Crippen LogP contribution in [0.15, 0.2) is 141 Å². The predicted octanol–water partition coefficient (Wildman–Crippen LogP) is 6.84. The third kappa shape index (κ3) is 7.02. The second-order valence-corrected chi connectivity index (χ2v) is 12.8. The zero-order valence-corrected chi connectivity index (χ0v) is 28.6. The molecule has 0 saturated carbocycles. The predicted molar refractivity (Wildman–Crippen MR) is 193 cm³/mol. The largest absolute Gasteiger partial charge is 0.487 e. The quantitative estimate of drug-likeness (QED) is 0.0934. The van der Waals surface area contributed by atoms with Gasteiger partial charge < -0.3 is 9.47 Å². The minimum atomic E-state index is -0.552. The van der Waals surface area contributed by atoms with E-state index in [0.717, 1.165) is 31.0 Å². The summed E-state index contributed by atoms with van der Waals surface area (Å²) in [6, 6.07) is 31.1. The minimum Gasteiger partial charge on any atom is -0.487 e. The Balaban J connectivity index is 1.33. The van der Waals surface area contributed by atoms with Crippen LogP contribution in [0.4, 0.5) is 0 Å². The number of para-hydroxylation sites is 2. The van der Waals surface area contributed by atoms with E-state index in [2.05, 4.69) is 10.2 Å². The highest BCUT2D eigenvalue weighted by Gasteiger charge is 2.23. The van der Waals surface area contributed by atoms with Crippen molar-refractivity contribution in [1.82, 2.24) is 19.6 Å². The molecule has 0 bridgehead atoms. The number of nitrogens with zero attached hydrogens (tertiary/aromatic N) is 4. The van der Waals surface area contributed by atoms with Crippen LogP contribution >= 0.6 is 21.6 Å². The molecule has 0 fully saturated rings. The summed E-state index contributed by atoms with van der Waals surface area (Å²) in [5.41, 5.74) is 1.11. The van der Waals surface area contributed by atoms with Crippen LogP contribution in [0.3, 0.4) is 0 Å². The van der Waals surface area contributed by atoms with Crippen LogP contribution in [0.5, 0.6) is 11.5 Å². The van der Waals surface area contributed by atoms with Gasteiger partial charge in [0.05, 0.1) is 46.8 Å². The molecule has 0 unspecified atom stereocenters. The molecular weight excluding hydrogens is 673 g/mol. The lowest BCUT2D eigenvalue weighted by molar-refractivity contribution is 0.103. The molecule has 10 nitrogen and oxygen atoms in total. The number of aromatic nitrogens is 4. The van der Waals surface area contributed by atoms with Gasteiger partial charge in [-0.15, -0.1) is 0 Å². The first kappa shape index (κ1) is 34.2. The zero-order chi connectivity index (χ0) is 35.0. The Morgan fingerprint density at radius 3 is 1.30 bits per heavy atom. The maximum Gasteiger partial charge on any atom is 0.315 e. The molecule has 0 aliphatic rings. The lowest BCUT2D eigenvalue weighted by Gasteiger charge is -2.15. The molecule has 0 N–H and O–H groups in total. The van der Waals surface area contributed by atoms with Crippen molar-refractivity contribution in [2.75, 3.05) is 13.2 Å². The molecule has 12 heteroatoms. The Morgan fingerprint density at radius 2 is 0.920 bits per heavy atom. The maximum atomic E-state index is 13.8. The summed E-state index contributed by atoms with van der Waals surface area (Å²) in [7, 11) is 2.30. The van der Waals surface area contributed by atoms with Gasteiger partial charge in [-0.1, -0.05) is 84.9 Å². The van der Waals surface area contributed by atoms with E-state index in [1.54, 1.807) is 111 Å². The number of rotatable bonds is 13. The standard InChI is InChI=1S/C38H30N4O6S2/c1-3-47-35-31(23-39-41(37(35)45)29-21-13-11-19-27(29)33(43)25-15-7-5-8-16-25)49-50-32-24-40-42(38(46)36(32)48-4-2)30-22-14-12-20-28(30)34(44)26-17-9-6-10-18-26/h5-24H,3-4H2,1-2H3. The Morgan fingerprint density at radius 1 is 0.560 bits per heavy atom. The third-order valence-electron chi connectivity index (χ3n) is 7.43. The van der Waals surface area contributed by atoms with Gasteiger partial charge in [-0.2, -0.15) is 19.6 Å². The summed E-state index contributed by atoms with van der Waals surface area (Å²) in [6.07, 6.45) is 2.96. The summed E-state index contributed by atoms with van der Waals surface area (Å²) in [6.45, 7) is 3.92. The average Bonchev–Trinajstić information content (AvgIpc) is 3.16. The van der Waals surface area contributed by atoms with Crippen molar-refractivity contribution in [2.24, 2.45) is 0 Å². The lowest BCUT2D eigenvalue weighted by Crippen LogP contribution is -2.25. The van der Waals surface area contributed by atoms with Crippen LogP contribution in [0, 0.1) is 0 Å². The fourth-order valence-electron chi connectivity index (χ4n) is 5.14. The van der Waals surface area contributed by atoms with Crippen LogP contribution in [0.2, 0.25) is 0 Å². The van der Waals surface area contributed by atoms with Crippen LogP contribution in [-0.4, -0.2) is 44.3 Å². The fraction of sp³-hybridized carbons (Fsp3) is 0.105. The second-order valence-electron chi connectivity index (χ2n) is 10.6. The van der Waals surface area contributed by atoms with E-state index in [0.29, 0.717) is 43.4 Å². The van der Waals surface area contributed by atoms with Crippen LogP contribution < -0.4 is 20.6 Å². The molecule has 250 valence electrons. The summed E-state index contributed by atoms with van der Waals surface area (Å²) in [5.74, 6) is -0.427. The number of carbonyl (C=O) groups is 2. The summed E-state index contributed by atoms with van der Waals surface area (Å²) in [4.78, 5) is 55.3. The normalized spacial score (nSPS) is 10.8. The van der Waals surface area contributed by atoms with E-state index in [-0.39, 0.29) is 36.3 Å². The van der Waals surface area contributed by atoms with Crippen molar-refractivity contribution in [3.05, 3.63) is 165 Å². The highest BCUT2D eigenvalue weighted by molar-refractivity contribution is 8.76. The first-order valence-electron chi connectivity index (χ1n) is 15.7. The van der Waals surface area contributed by atoms with Crippen molar-refractivity contribution in [1.29, 1.82) is 0 Å². The van der Waals surface area contributed by atoms with Gasteiger partial charge in [0.25, 0.3) is 0 Å². The smallest absolute Gasteiger partial charge is 0.315 e. The van der Waals surface area contributed by atoms with Gasteiger partial charge in [0.1, 0.15) is 0 Å². The van der Waals surface area contributed by atoms with E-state index in [9.17, 15) is 19.2 Å². The van der Waals surface area contributed by atoms with E-state index >= 15 is 0 Å². The Labute approximate surface area is 295 Å². The number of benzene rings is 4. The molecule has 50 heavy (non-hydrogen) atoms. The van der Waals surface area contributed by atoms with Crippen LogP contribution in [0.25, 0.3) is 11.4 Å². The number of hydrogen-bond donors (Lipinski definition) is 0. The molecule has 4 aromatic carbocycles. The molecule has 0 atom stereocenters. The van der Waals surface area contributed by atoms with Gasteiger partial charge in [-0.25, -0.2) is 0 Å². The van der Waals surface area contributed by atoms with E-state index in [1.807, 2.05) is 12.1 Å². The average molecular weight is 703 g/mol. The summed E-state index contributed by atoms with van der Waals surface area (Å²) >= 11 is 0. The molecule has 0 spiro atoms. The van der Waals surface area contributed by atoms with Crippen molar-refractivity contribution < 1.29 is 19.1 Å². The SMILES string of the molecule is CCOc1c(SSc2cnn(-c3ccccc3C(=O)c3ccccc3)c(=O)c2OCC)cnn(-c2ccccc2C(=O)c2ccccc2)c1=O. The lowest BCUT2D eigenvalue weighted by atomic mass is 10.0. The fourth-order valence-corrected chi connectivity index (χ4v) is 7.20. The topological polar surface area (TPSA) is 122 Å². The van der Waals surface area contributed by atoms with Gasteiger partial charge in [0.15, 0.2) is 11.6 Å². The number of carbonyl (C=O) groups excluding carboxylic acids is 2. The molecule has 2 aromatic heterocycles. The molecule has 2 heterocycles. The van der Waals surface area contributed by atoms with Crippen molar-refractivity contribution >= 4 is 33.2 Å². The highest BCUT2D eigenvalue weighted by atomic mass is 33.1. The van der Waals surface area contributed by atoms with Crippen LogP contribution in [-0.2, 0) is 0 Å². The monoisotopic (exact) mass is 702 g/mol. The van der Waals surface area contributed by atoms with Gasteiger partial charge >= 0.3 is 11.1 Å². The van der Waals surface area contributed by atoms with Gasteiger partial charge in [0, 0.05) is 22.3 Å².